The fourth-order valence-electron chi connectivity index (χ4n) is 3.25. The monoisotopic (exact) mass is 446 g/mol. The number of nitrogens with one attached hydrogen (secondary N) is 1. The first kappa shape index (κ1) is 21.5. The summed E-state index contributed by atoms with van der Waals surface area (Å²) in [5.74, 6) is 4.22. The molecule has 1 unspecified atom stereocenters. The molecule has 10 nitrogen and oxygen atoms in total. The first-order valence-electron chi connectivity index (χ1n) is 9.57. The van der Waals surface area contributed by atoms with Gasteiger partial charge < -0.3 is 20.5 Å². The largest absolute Gasteiger partial charge is 0.491 e. The van der Waals surface area contributed by atoms with Gasteiger partial charge in [-0.2, -0.15) is 13.8 Å². The van der Waals surface area contributed by atoms with Gasteiger partial charge in [0, 0.05) is 5.56 Å². The number of guanidine groups is 1. The number of rotatable bonds is 4. The van der Waals surface area contributed by atoms with Crippen molar-refractivity contribution in [1.29, 1.82) is 0 Å². The number of hydrogen-bond acceptors (Lipinski definition) is 8. The van der Waals surface area contributed by atoms with Crippen LogP contribution in [0.25, 0.3) is 0 Å². The Morgan fingerprint density at radius 2 is 1.94 bits per heavy atom. The zero-order chi connectivity index (χ0) is 23.2. The minimum Gasteiger partial charge on any atom is -0.491 e. The number of anilines is 1. The summed E-state index contributed by atoms with van der Waals surface area (Å²) in [4.78, 5) is 28.6. The number of carbonyl (C=O) groups is 2. The first-order chi connectivity index (χ1) is 15.1. The van der Waals surface area contributed by atoms with E-state index in [2.05, 4.69) is 15.0 Å². The second-order valence-corrected chi connectivity index (χ2v) is 7.38. The van der Waals surface area contributed by atoms with Crippen LogP contribution in [0, 0.1) is 0 Å². The summed E-state index contributed by atoms with van der Waals surface area (Å²) in [6, 6.07) is 10.5. The maximum Gasteiger partial charge on any atom is 0.482 e. The Morgan fingerprint density at radius 1 is 1.25 bits per heavy atom. The lowest BCUT2D eigenvalue weighted by molar-refractivity contribution is -0.189. The minimum absolute atomic E-state index is 0.0174. The molecule has 0 radical (unpaired) electrons. The molecule has 32 heavy (non-hydrogen) atoms. The SMILES string of the molecule is CC(C)Oc1ccc(C(=O)N2C(N)=NC(c3ccc4c(c3)NC(=O)C(F)(F)O4)N2N)cc1. The van der Waals surface area contributed by atoms with Crippen LogP contribution in [0.2, 0.25) is 0 Å². The van der Waals surface area contributed by atoms with Crippen molar-refractivity contribution in [3.63, 3.8) is 0 Å². The highest BCUT2D eigenvalue weighted by Gasteiger charge is 2.46. The fraction of sp³-hybridized carbons (Fsp3) is 0.250. The normalized spacial score (nSPS) is 19.8. The zero-order valence-electron chi connectivity index (χ0n) is 17.1. The Hall–Kier alpha value is -3.77. The second-order valence-electron chi connectivity index (χ2n) is 7.38. The molecule has 0 spiro atoms. The van der Waals surface area contributed by atoms with Gasteiger partial charge in [-0.05, 0) is 55.8 Å². The first-order valence-corrected chi connectivity index (χ1v) is 9.57. The molecule has 2 aromatic rings. The minimum atomic E-state index is -3.97. The third-order valence-corrected chi connectivity index (χ3v) is 4.67. The van der Waals surface area contributed by atoms with Crippen LogP contribution in [0.15, 0.2) is 47.5 Å². The van der Waals surface area contributed by atoms with E-state index in [9.17, 15) is 18.4 Å². The summed E-state index contributed by atoms with van der Waals surface area (Å²) in [6.45, 7) is 3.77. The van der Waals surface area contributed by atoms with E-state index >= 15 is 0 Å². The molecule has 2 heterocycles. The van der Waals surface area contributed by atoms with Crippen molar-refractivity contribution in [2.24, 2.45) is 16.6 Å². The van der Waals surface area contributed by atoms with Gasteiger partial charge in [0.05, 0.1) is 11.8 Å². The maximum absolute atomic E-state index is 13.4. The quantitative estimate of drug-likeness (QED) is 0.611. The van der Waals surface area contributed by atoms with E-state index in [0.29, 0.717) is 16.9 Å². The van der Waals surface area contributed by atoms with Gasteiger partial charge in [0.15, 0.2) is 11.9 Å². The molecule has 0 fully saturated rings. The van der Waals surface area contributed by atoms with Crippen LogP contribution in [0.3, 0.4) is 0 Å². The van der Waals surface area contributed by atoms with E-state index in [1.807, 2.05) is 13.8 Å². The Bertz CT molecular complexity index is 1110. The smallest absolute Gasteiger partial charge is 0.482 e. The average molecular weight is 446 g/mol. The Morgan fingerprint density at radius 3 is 2.59 bits per heavy atom. The van der Waals surface area contributed by atoms with Crippen LogP contribution < -0.4 is 26.4 Å². The number of hydrogen-bond donors (Lipinski definition) is 3. The van der Waals surface area contributed by atoms with Gasteiger partial charge in [-0.25, -0.2) is 10.8 Å². The van der Waals surface area contributed by atoms with Crippen LogP contribution in [-0.2, 0) is 4.79 Å². The lowest BCUT2D eigenvalue weighted by atomic mass is 10.1. The molecule has 0 saturated heterocycles. The summed E-state index contributed by atoms with van der Waals surface area (Å²) in [7, 11) is 0. The topological polar surface area (TPSA) is 136 Å². The highest BCUT2D eigenvalue weighted by Crippen LogP contribution is 2.38. The highest BCUT2D eigenvalue weighted by atomic mass is 19.3. The average Bonchev–Trinajstić information content (AvgIpc) is 3.02. The summed E-state index contributed by atoms with van der Waals surface area (Å²) in [6.07, 6.45) is -4.92. The molecule has 0 aliphatic carbocycles. The van der Waals surface area contributed by atoms with E-state index in [-0.39, 0.29) is 23.5 Å². The summed E-state index contributed by atoms with van der Waals surface area (Å²) in [5.41, 5.74) is 6.64. The van der Waals surface area contributed by atoms with Gasteiger partial charge in [-0.1, -0.05) is 6.07 Å². The molecule has 168 valence electrons. The third kappa shape index (κ3) is 3.81. The fourth-order valence-corrected chi connectivity index (χ4v) is 3.25. The maximum atomic E-state index is 13.4. The molecule has 0 aromatic heterocycles. The van der Waals surface area contributed by atoms with Crippen molar-refractivity contribution in [2.45, 2.75) is 32.2 Å². The summed E-state index contributed by atoms with van der Waals surface area (Å²) >= 11 is 0. The molecule has 0 bridgehead atoms. The molecule has 5 N–H and O–H groups in total. The van der Waals surface area contributed by atoms with Crippen molar-refractivity contribution >= 4 is 23.5 Å². The summed E-state index contributed by atoms with van der Waals surface area (Å²) in [5, 5.41) is 4.08. The van der Waals surface area contributed by atoms with E-state index in [1.54, 1.807) is 24.3 Å². The van der Waals surface area contributed by atoms with Crippen LogP contribution in [0.4, 0.5) is 14.5 Å². The Labute approximate surface area is 181 Å². The molecule has 2 amide bonds. The number of aliphatic imine (C=N–C) groups is 1. The molecule has 4 rings (SSSR count). The van der Waals surface area contributed by atoms with Crippen LogP contribution in [0.5, 0.6) is 11.5 Å². The summed E-state index contributed by atoms with van der Waals surface area (Å²) < 4.78 is 36.8. The Kier molecular flexibility index (Phi) is 5.18. The van der Waals surface area contributed by atoms with Crippen molar-refractivity contribution < 1.29 is 27.8 Å². The van der Waals surface area contributed by atoms with E-state index < -0.39 is 24.1 Å². The molecule has 2 aliphatic rings. The van der Waals surface area contributed by atoms with Gasteiger partial charge in [0.2, 0.25) is 5.96 Å². The molecule has 2 aromatic carbocycles. The van der Waals surface area contributed by atoms with Crippen LogP contribution >= 0.6 is 0 Å². The number of fused-ring (bicyclic) bond motifs is 1. The van der Waals surface area contributed by atoms with Gasteiger partial charge in [0.25, 0.3) is 5.91 Å². The molecular formula is C20H20F2N6O4. The molecule has 0 saturated carbocycles. The number of amides is 2. The number of benzene rings is 2. The van der Waals surface area contributed by atoms with Crippen molar-refractivity contribution in [2.75, 3.05) is 5.32 Å². The number of nitrogens with zero attached hydrogens (tertiary/aromatic N) is 3. The van der Waals surface area contributed by atoms with Crippen molar-refractivity contribution in [3.05, 3.63) is 53.6 Å². The third-order valence-electron chi connectivity index (χ3n) is 4.67. The highest BCUT2D eigenvalue weighted by molar-refractivity contribution is 6.05. The predicted molar refractivity (Wildman–Crippen MR) is 109 cm³/mol. The molecule has 12 heteroatoms. The van der Waals surface area contributed by atoms with E-state index in [0.717, 1.165) is 10.1 Å². The van der Waals surface area contributed by atoms with E-state index in [4.69, 9.17) is 16.3 Å². The van der Waals surface area contributed by atoms with Gasteiger partial charge in [-0.3, -0.25) is 9.59 Å². The molecular weight excluding hydrogens is 426 g/mol. The Balaban J connectivity index is 1.55. The number of ether oxygens (including phenoxy) is 2. The second kappa shape index (κ2) is 7.73. The lowest BCUT2D eigenvalue weighted by Gasteiger charge is -2.28. The van der Waals surface area contributed by atoms with Crippen LogP contribution in [-0.4, -0.2) is 40.1 Å². The van der Waals surface area contributed by atoms with Crippen molar-refractivity contribution in [1.82, 2.24) is 10.1 Å². The number of hydrazine groups is 2. The van der Waals surface area contributed by atoms with E-state index in [1.165, 1.54) is 18.2 Å². The van der Waals surface area contributed by atoms with Crippen molar-refractivity contribution in [3.8, 4) is 11.5 Å². The number of halogens is 2. The van der Waals surface area contributed by atoms with Gasteiger partial charge >= 0.3 is 12.0 Å². The number of carbonyl (C=O) groups excluding carboxylic acids is 2. The number of nitrogens with two attached hydrogens (primary N) is 2. The number of alkyl halides is 2. The standard InChI is InChI=1S/C20H20F2N6O4/c1-10(2)31-13-6-3-11(4-7-13)17(29)27-19(23)26-16(28(27)24)12-5-8-15-14(9-12)25-18(30)20(21,22)32-15/h3-10,16H,24H2,1-2H3,(H2,23,26)(H,25,30). The van der Waals surface area contributed by atoms with Gasteiger partial charge in [-0.15, -0.1) is 5.12 Å². The van der Waals surface area contributed by atoms with Crippen LogP contribution in [0.1, 0.15) is 35.9 Å². The lowest BCUT2D eigenvalue weighted by Crippen LogP contribution is -2.52. The molecule has 1 atom stereocenters. The van der Waals surface area contributed by atoms with Gasteiger partial charge in [0.1, 0.15) is 5.75 Å². The zero-order valence-corrected chi connectivity index (χ0v) is 17.1. The molecule has 2 aliphatic heterocycles. The predicted octanol–water partition coefficient (Wildman–Crippen LogP) is 1.96.